The van der Waals surface area contributed by atoms with Crippen molar-refractivity contribution in [2.45, 2.75) is 135 Å². The van der Waals surface area contributed by atoms with E-state index in [9.17, 15) is 9.59 Å². The number of rotatable bonds is 26. The average Bonchev–Trinajstić information content (AvgIpc) is 2.96. The zero-order chi connectivity index (χ0) is 30.1. The van der Waals surface area contributed by atoms with E-state index in [0.29, 0.717) is 13.2 Å². The Morgan fingerprint density at radius 2 is 1.37 bits per heavy atom. The first-order valence-electron chi connectivity index (χ1n) is 17.0. The maximum absolute atomic E-state index is 12.2. The van der Waals surface area contributed by atoms with Crippen LogP contribution in [0.4, 0.5) is 4.79 Å². The molecule has 41 heavy (non-hydrogen) atoms. The van der Waals surface area contributed by atoms with Gasteiger partial charge in [-0.15, -0.1) is 0 Å². The van der Waals surface area contributed by atoms with Gasteiger partial charge in [0.2, 0.25) is 6.41 Å². The van der Waals surface area contributed by atoms with Crippen molar-refractivity contribution in [1.29, 1.82) is 0 Å². The molecule has 0 fully saturated rings. The topological polar surface area (TPSA) is 65.1 Å². The summed E-state index contributed by atoms with van der Waals surface area (Å²) in [5.74, 6) is 0.123. The number of carbonyl (C=O) groups excluding carboxylic acids is 2. The first-order valence-corrected chi connectivity index (χ1v) is 17.0. The van der Waals surface area contributed by atoms with Crippen LogP contribution in [-0.2, 0) is 9.53 Å². The van der Waals surface area contributed by atoms with Gasteiger partial charge in [-0.2, -0.15) is 0 Å². The van der Waals surface area contributed by atoms with Crippen molar-refractivity contribution in [1.82, 2.24) is 20.0 Å². The van der Waals surface area contributed by atoms with Crippen molar-refractivity contribution in [3.8, 4) is 0 Å². The molecule has 0 saturated heterocycles. The molecule has 0 heterocycles. The third kappa shape index (κ3) is 19.1. The molecule has 2 unspecified atom stereocenters. The first-order chi connectivity index (χ1) is 19.9. The van der Waals surface area contributed by atoms with E-state index < -0.39 is 0 Å². The normalized spacial score (nSPS) is 16.9. The van der Waals surface area contributed by atoms with E-state index in [2.05, 4.69) is 42.2 Å². The largest absolute Gasteiger partial charge is 0.449 e. The highest BCUT2D eigenvalue weighted by molar-refractivity contribution is 5.67. The van der Waals surface area contributed by atoms with E-state index in [1.54, 1.807) is 0 Å². The fraction of sp³-hybridized carbons (Fsp3) is 0.882. The van der Waals surface area contributed by atoms with Crippen molar-refractivity contribution in [2.75, 3.05) is 54.4 Å². The molecule has 1 aliphatic carbocycles. The van der Waals surface area contributed by atoms with Crippen molar-refractivity contribution in [2.24, 2.45) is 5.92 Å². The van der Waals surface area contributed by atoms with Crippen molar-refractivity contribution >= 4 is 12.5 Å². The van der Waals surface area contributed by atoms with Crippen LogP contribution >= 0.6 is 0 Å². The number of hydrogen-bond acceptors (Lipinski definition) is 5. The van der Waals surface area contributed by atoms with Crippen LogP contribution < -0.4 is 5.32 Å². The molecule has 1 N–H and O–H groups in total. The van der Waals surface area contributed by atoms with Gasteiger partial charge in [0.05, 0.1) is 6.61 Å². The molecule has 2 atom stereocenters. The van der Waals surface area contributed by atoms with Gasteiger partial charge in [0.1, 0.15) is 0 Å². The van der Waals surface area contributed by atoms with Crippen LogP contribution in [0.15, 0.2) is 11.8 Å². The maximum Gasteiger partial charge on any atom is 0.407 e. The Morgan fingerprint density at radius 3 is 1.85 bits per heavy atom. The highest BCUT2D eigenvalue weighted by Gasteiger charge is 2.31. The molecule has 7 heteroatoms. The van der Waals surface area contributed by atoms with E-state index >= 15 is 0 Å². The lowest BCUT2D eigenvalue weighted by atomic mass is 9.86. The first kappa shape index (κ1) is 37.3. The van der Waals surface area contributed by atoms with Gasteiger partial charge >= 0.3 is 6.09 Å². The highest BCUT2D eigenvalue weighted by Crippen LogP contribution is 2.29. The quantitative estimate of drug-likeness (QED) is 0.0845. The Labute approximate surface area is 253 Å². The molecule has 0 spiro atoms. The summed E-state index contributed by atoms with van der Waals surface area (Å²) in [4.78, 5) is 30.6. The van der Waals surface area contributed by atoms with Crippen LogP contribution in [0, 0.1) is 5.92 Å². The number of alkyl carbamates (subject to hydrolysis) is 1. The second kappa shape index (κ2) is 24.8. The summed E-state index contributed by atoms with van der Waals surface area (Å²) < 4.78 is 5.60. The summed E-state index contributed by atoms with van der Waals surface area (Å²) in [6, 6.07) is 0.0628. The molecule has 0 radical (unpaired) electrons. The fourth-order valence-electron chi connectivity index (χ4n) is 5.80. The minimum absolute atomic E-state index is 0.0628. The highest BCUT2D eigenvalue weighted by atomic mass is 16.5. The van der Waals surface area contributed by atoms with Crippen LogP contribution in [0.25, 0.3) is 0 Å². The monoisotopic (exact) mass is 579 g/mol. The number of nitrogens with one attached hydrogen (secondary N) is 1. The summed E-state index contributed by atoms with van der Waals surface area (Å²) in [5, 5.41) is 2.85. The second-order valence-electron chi connectivity index (χ2n) is 12.7. The molecule has 0 aromatic carbocycles. The standard InChI is InChI=1S/C34H66N4O3/c1-6-7-8-9-10-11-12-13-14-15-16-17-18-19-20-21-27-38(30-39)33-28-32(37(4)5)24-23-31(33)29-41-34(40)35-25-22-26-36(2)3/h24,30-31,33H,6-23,25-29H2,1-5H3,(H,35,40). The smallest absolute Gasteiger partial charge is 0.407 e. The second-order valence-corrected chi connectivity index (χ2v) is 12.7. The van der Waals surface area contributed by atoms with Gasteiger partial charge in [0, 0.05) is 51.3 Å². The van der Waals surface area contributed by atoms with E-state index in [1.165, 1.54) is 102 Å². The lowest BCUT2D eigenvalue weighted by Gasteiger charge is -2.39. The Kier molecular flexibility index (Phi) is 22.5. The molecule has 1 rings (SSSR count). The zero-order valence-electron chi connectivity index (χ0n) is 27.6. The summed E-state index contributed by atoms with van der Waals surface area (Å²) in [7, 11) is 8.16. The van der Waals surface area contributed by atoms with Crippen molar-refractivity contribution in [3.05, 3.63) is 11.8 Å². The SMILES string of the molecule is CCCCCCCCCCCCCCCCCCN(C=O)C1CC(N(C)C)=CCC1COC(=O)NCCCN(C)C. The van der Waals surface area contributed by atoms with Crippen molar-refractivity contribution in [3.63, 3.8) is 0 Å². The van der Waals surface area contributed by atoms with Gasteiger partial charge < -0.3 is 24.8 Å². The Hall–Kier alpha value is -1.76. The predicted octanol–water partition coefficient (Wildman–Crippen LogP) is 7.61. The van der Waals surface area contributed by atoms with Crippen LogP contribution in [-0.4, -0.2) is 87.7 Å². The van der Waals surface area contributed by atoms with Crippen molar-refractivity contribution < 1.29 is 14.3 Å². The van der Waals surface area contributed by atoms with Gasteiger partial charge in [-0.3, -0.25) is 4.79 Å². The molecule has 7 nitrogen and oxygen atoms in total. The number of nitrogens with zero attached hydrogens (tertiary/aromatic N) is 3. The number of allylic oxidation sites excluding steroid dienone is 1. The van der Waals surface area contributed by atoms with Gasteiger partial charge in [-0.25, -0.2) is 4.79 Å². The number of hydrogen-bond donors (Lipinski definition) is 1. The molecule has 240 valence electrons. The predicted molar refractivity (Wildman–Crippen MR) is 173 cm³/mol. The molecule has 0 aromatic heterocycles. The molecule has 1 aliphatic rings. The third-order valence-electron chi connectivity index (χ3n) is 8.50. The number of amides is 2. The number of ether oxygens (including phenoxy) is 1. The maximum atomic E-state index is 12.2. The van der Waals surface area contributed by atoms with Gasteiger partial charge in [-0.05, 0) is 39.9 Å². The van der Waals surface area contributed by atoms with E-state index in [0.717, 1.165) is 45.2 Å². The fourth-order valence-corrected chi connectivity index (χ4v) is 5.80. The van der Waals surface area contributed by atoms with E-state index in [-0.39, 0.29) is 18.1 Å². The lowest BCUT2D eigenvalue weighted by Crippen LogP contribution is -2.45. The number of carbonyl (C=O) groups is 2. The van der Waals surface area contributed by atoms with Gasteiger partial charge in [0.15, 0.2) is 0 Å². The molecule has 0 aromatic rings. The van der Waals surface area contributed by atoms with Crippen LogP contribution in [0.2, 0.25) is 0 Å². The lowest BCUT2D eigenvalue weighted by molar-refractivity contribution is -0.122. The molecule has 0 aliphatic heterocycles. The summed E-state index contributed by atoms with van der Waals surface area (Å²) >= 11 is 0. The molecule has 0 saturated carbocycles. The van der Waals surface area contributed by atoms with Crippen LogP contribution in [0.3, 0.4) is 0 Å². The summed E-state index contributed by atoms with van der Waals surface area (Å²) in [5.41, 5.74) is 1.25. The Morgan fingerprint density at radius 1 is 0.829 bits per heavy atom. The zero-order valence-corrected chi connectivity index (χ0v) is 27.6. The minimum atomic E-state index is -0.361. The van der Waals surface area contributed by atoms with Gasteiger partial charge in [0.25, 0.3) is 0 Å². The number of unbranched alkanes of at least 4 members (excludes halogenated alkanes) is 15. The minimum Gasteiger partial charge on any atom is -0.449 e. The molecule has 2 amide bonds. The molecular formula is C34H66N4O3. The molecule has 0 bridgehead atoms. The van der Waals surface area contributed by atoms with E-state index in [1.807, 2.05) is 19.0 Å². The third-order valence-corrected chi connectivity index (χ3v) is 8.50. The summed E-state index contributed by atoms with van der Waals surface area (Å²) in [6.45, 7) is 4.93. The van der Waals surface area contributed by atoms with Gasteiger partial charge in [-0.1, -0.05) is 109 Å². The average molecular weight is 579 g/mol. The van der Waals surface area contributed by atoms with E-state index in [4.69, 9.17) is 4.74 Å². The van der Waals surface area contributed by atoms with Crippen LogP contribution in [0.5, 0.6) is 0 Å². The molecular weight excluding hydrogens is 512 g/mol. The van der Waals surface area contributed by atoms with Crippen LogP contribution in [0.1, 0.15) is 129 Å². The Bertz CT molecular complexity index is 683. The summed E-state index contributed by atoms with van der Waals surface area (Å²) in [6.07, 6.45) is 26.9. The Balaban J connectivity index is 2.26.